The lowest BCUT2D eigenvalue weighted by Crippen LogP contribution is -2.13. The minimum Gasteiger partial charge on any atom is -0.494 e. The Kier molecular flexibility index (Phi) is 9.71. The first-order valence-electron chi connectivity index (χ1n) is 11.8. The van der Waals surface area contributed by atoms with Gasteiger partial charge in [0.25, 0.3) is 0 Å². The third kappa shape index (κ3) is 8.07. The van der Waals surface area contributed by atoms with Crippen molar-refractivity contribution in [3.8, 4) is 5.75 Å². The number of benzene rings is 3. The number of hydrogen-bond acceptors (Lipinski definition) is 4. The number of anilines is 1. The number of esters is 1. The number of nitrogens with one attached hydrogen (secondary N) is 1. The number of hydrogen-bond donors (Lipinski definition) is 1. The van der Waals surface area contributed by atoms with Gasteiger partial charge in [-0.2, -0.15) is 0 Å². The molecule has 0 aliphatic heterocycles. The van der Waals surface area contributed by atoms with Gasteiger partial charge in [0.15, 0.2) is 0 Å². The molecule has 178 valence electrons. The molecule has 0 aromatic heterocycles. The summed E-state index contributed by atoms with van der Waals surface area (Å²) in [6.07, 6.45) is 5.43. The highest BCUT2D eigenvalue weighted by atomic mass is 16.5. The van der Waals surface area contributed by atoms with E-state index in [-0.39, 0.29) is 5.91 Å². The number of carbonyl (C=O) groups is 2. The van der Waals surface area contributed by atoms with Gasteiger partial charge in [-0.1, -0.05) is 48.5 Å². The largest absolute Gasteiger partial charge is 0.494 e. The second kappa shape index (κ2) is 13.2. The predicted octanol–water partition coefficient (Wildman–Crippen LogP) is 6.14. The van der Waals surface area contributed by atoms with E-state index < -0.39 is 5.97 Å². The molecule has 1 amide bonds. The lowest BCUT2D eigenvalue weighted by atomic mass is 10.1. The third-order valence-electron chi connectivity index (χ3n) is 5.71. The summed E-state index contributed by atoms with van der Waals surface area (Å²) < 4.78 is 10.6. The van der Waals surface area contributed by atoms with Gasteiger partial charge in [-0.3, -0.25) is 4.79 Å². The van der Waals surface area contributed by atoms with E-state index in [1.54, 1.807) is 18.2 Å². The highest BCUT2D eigenvalue weighted by Gasteiger charge is 2.11. The molecular formula is C29H33NO4. The molecule has 3 aromatic carbocycles. The van der Waals surface area contributed by atoms with Crippen molar-refractivity contribution in [2.75, 3.05) is 19.0 Å². The molecule has 0 atom stereocenters. The number of rotatable bonds is 12. The van der Waals surface area contributed by atoms with Crippen molar-refractivity contribution in [2.24, 2.45) is 0 Å². The van der Waals surface area contributed by atoms with Crippen LogP contribution in [0, 0.1) is 6.92 Å². The van der Waals surface area contributed by atoms with Crippen molar-refractivity contribution < 1.29 is 19.1 Å². The van der Waals surface area contributed by atoms with E-state index in [2.05, 4.69) is 29.6 Å². The number of aryl methyl sites for hydroxylation is 3. The van der Waals surface area contributed by atoms with Gasteiger partial charge in [-0.25, -0.2) is 4.79 Å². The summed E-state index contributed by atoms with van der Waals surface area (Å²) in [5, 5.41) is 2.85. The summed E-state index contributed by atoms with van der Waals surface area (Å²) in [7, 11) is 1.34. The van der Waals surface area contributed by atoms with Crippen molar-refractivity contribution in [3.05, 3.63) is 95.1 Å². The third-order valence-corrected chi connectivity index (χ3v) is 5.71. The van der Waals surface area contributed by atoms with Crippen LogP contribution in [0.3, 0.4) is 0 Å². The van der Waals surface area contributed by atoms with Crippen molar-refractivity contribution in [3.63, 3.8) is 0 Å². The Balaban J connectivity index is 1.35. The van der Waals surface area contributed by atoms with Gasteiger partial charge in [0, 0.05) is 12.1 Å². The normalized spacial score (nSPS) is 10.5. The van der Waals surface area contributed by atoms with E-state index in [4.69, 9.17) is 9.47 Å². The highest BCUT2D eigenvalue weighted by molar-refractivity contribution is 5.95. The molecular weight excluding hydrogens is 426 g/mol. The standard InChI is InChI=1S/C29H33NO4/c1-22-12-16-25(21-27(22)29(32)33-2)30-28(31)19-15-24-13-17-26(18-14-24)34-20-8-4-7-11-23-9-5-3-6-10-23/h3,5-6,9-10,12-14,16-18,21H,4,7-8,11,15,19-20H2,1-2H3,(H,30,31). The van der Waals surface area contributed by atoms with Gasteiger partial charge in [0.2, 0.25) is 5.91 Å². The van der Waals surface area contributed by atoms with Crippen molar-refractivity contribution >= 4 is 17.6 Å². The Labute approximate surface area is 202 Å². The van der Waals surface area contributed by atoms with Crippen LogP contribution in [0.4, 0.5) is 5.69 Å². The Hall–Kier alpha value is -3.60. The molecule has 34 heavy (non-hydrogen) atoms. The lowest BCUT2D eigenvalue weighted by Gasteiger charge is -2.10. The van der Waals surface area contributed by atoms with Gasteiger partial charge >= 0.3 is 5.97 Å². The fourth-order valence-electron chi connectivity index (χ4n) is 3.71. The molecule has 0 aliphatic carbocycles. The van der Waals surface area contributed by atoms with E-state index in [9.17, 15) is 9.59 Å². The molecule has 5 heteroatoms. The zero-order valence-electron chi connectivity index (χ0n) is 20.0. The number of unbranched alkanes of at least 4 members (excludes halogenated alkanes) is 2. The van der Waals surface area contributed by atoms with E-state index in [1.807, 2.05) is 37.3 Å². The molecule has 0 bridgehead atoms. The zero-order chi connectivity index (χ0) is 24.2. The molecule has 0 radical (unpaired) electrons. The molecule has 0 aliphatic rings. The smallest absolute Gasteiger partial charge is 0.338 e. The minimum absolute atomic E-state index is 0.101. The Morgan fingerprint density at radius 3 is 2.29 bits per heavy atom. The fraction of sp³-hybridized carbons (Fsp3) is 0.310. The Morgan fingerprint density at radius 1 is 0.824 bits per heavy atom. The fourth-order valence-corrected chi connectivity index (χ4v) is 3.71. The average molecular weight is 460 g/mol. The van der Waals surface area contributed by atoms with Crippen molar-refractivity contribution in [2.45, 2.75) is 45.4 Å². The van der Waals surface area contributed by atoms with Crippen LogP contribution < -0.4 is 10.1 Å². The molecule has 0 heterocycles. The molecule has 0 spiro atoms. The molecule has 3 rings (SSSR count). The summed E-state index contributed by atoms with van der Waals surface area (Å²) in [4.78, 5) is 24.2. The van der Waals surface area contributed by atoms with Gasteiger partial charge in [0.05, 0.1) is 19.3 Å². The first-order chi connectivity index (χ1) is 16.5. The maximum Gasteiger partial charge on any atom is 0.338 e. The lowest BCUT2D eigenvalue weighted by molar-refractivity contribution is -0.116. The molecule has 0 fully saturated rings. The van der Waals surface area contributed by atoms with E-state index >= 15 is 0 Å². The van der Waals surface area contributed by atoms with Gasteiger partial charge in [-0.15, -0.1) is 0 Å². The number of ether oxygens (including phenoxy) is 2. The number of amides is 1. The monoisotopic (exact) mass is 459 g/mol. The molecule has 0 saturated carbocycles. The first-order valence-corrected chi connectivity index (χ1v) is 11.8. The molecule has 5 nitrogen and oxygen atoms in total. The molecule has 0 unspecified atom stereocenters. The van der Waals surface area contributed by atoms with E-state index in [1.165, 1.54) is 19.1 Å². The van der Waals surface area contributed by atoms with Crippen LogP contribution in [0.15, 0.2) is 72.8 Å². The summed E-state index contributed by atoms with van der Waals surface area (Å²) in [6, 6.07) is 23.7. The topological polar surface area (TPSA) is 64.6 Å². The van der Waals surface area contributed by atoms with Crippen molar-refractivity contribution in [1.82, 2.24) is 0 Å². The predicted molar refractivity (Wildman–Crippen MR) is 135 cm³/mol. The van der Waals surface area contributed by atoms with Crippen LogP contribution in [0.5, 0.6) is 5.75 Å². The highest BCUT2D eigenvalue weighted by Crippen LogP contribution is 2.18. The maximum atomic E-state index is 12.4. The summed E-state index contributed by atoms with van der Waals surface area (Å²) in [6.45, 7) is 2.54. The van der Waals surface area contributed by atoms with Crippen LogP contribution in [0.25, 0.3) is 0 Å². The van der Waals surface area contributed by atoms with Crippen LogP contribution in [-0.2, 0) is 22.4 Å². The second-order valence-electron chi connectivity index (χ2n) is 8.36. The van der Waals surface area contributed by atoms with Crippen LogP contribution in [-0.4, -0.2) is 25.6 Å². The maximum absolute atomic E-state index is 12.4. The second-order valence-corrected chi connectivity index (χ2v) is 8.36. The number of methoxy groups -OCH3 is 1. The summed E-state index contributed by atoms with van der Waals surface area (Å²) in [5.74, 6) is 0.338. The summed E-state index contributed by atoms with van der Waals surface area (Å²) in [5.41, 5.74) is 4.30. The Morgan fingerprint density at radius 2 is 1.56 bits per heavy atom. The van der Waals surface area contributed by atoms with Crippen LogP contribution in [0.1, 0.15) is 52.7 Å². The van der Waals surface area contributed by atoms with Crippen LogP contribution >= 0.6 is 0 Å². The Bertz CT molecular complexity index is 1060. The van der Waals surface area contributed by atoms with E-state index in [0.717, 1.165) is 36.1 Å². The average Bonchev–Trinajstić information content (AvgIpc) is 2.87. The van der Waals surface area contributed by atoms with Gasteiger partial charge < -0.3 is 14.8 Å². The zero-order valence-corrected chi connectivity index (χ0v) is 20.0. The molecule has 0 saturated heterocycles. The van der Waals surface area contributed by atoms with E-state index in [0.29, 0.717) is 30.7 Å². The van der Waals surface area contributed by atoms with Gasteiger partial charge in [-0.05, 0) is 80.0 Å². The SMILES string of the molecule is COC(=O)c1cc(NC(=O)CCc2ccc(OCCCCCc3ccccc3)cc2)ccc1C. The minimum atomic E-state index is -0.414. The number of carbonyl (C=O) groups excluding carboxylic acids is 2. The molecule has 1 N–H and O–H groups in total. The first kappa shape index (κ1) is 25.0. The molecule has 3 aromatic rings. The van der Waals surface area contributed by atoms with Crippen LogP contribution in [0.2, 0.25) is 0 Å². The van der Waals surface area contributed by atoms with Crippen molar-refractivity contribution in [1.29, 1.82) is 0 Å². The quantitative estimate of drug-likeness (QED) is 0.261. The summed E-state index contributed by atoms with van der Waals surface area (Å²) >= 11 is 0. The van der Waals surface area contributed by atoms with Gasteiger partial charge in [0.1, 0.15) is 5.75 Å².